The Labute approximate surface area is 847 Å². The number of carbonyl (C=O) groups excluding carboxylic acids is 4. The maximum absolute atomic E-state index is 13.0. The fourth-order valence-corrected chi connectivity index (χ4v) is 21.7. The molecular formula is C103H100Cl4N16O10S6. The number of hydrazone groups is 1. The molecule has 7 N–H and O–H groups in total. The third kappa shape index (κ3) is 23.7. The van der Waals surface area contributed by atoms with Crippen LogP contribution in [-0.4, -0.2) is 111 Å². The van der Waals surface area contributed by atoms with Gasteiger partial charge in [-0.05, 0) is 203 Å². The molecule has 4 aliphatic heterocycles. The summed E-state index contributed by atoms with van der Waals surface area (Å²) in [4.78, 5) is 78.0. The summed E-state index contributed by atoms with van der Waals surface area (Å²) in [6.45, 7) is 31.5. The molecule has 139 heavy (non-hydrogen) atoms. The van der Waals surface area contributed by atoms with E-state index in [-0.39, 0.29) is 30.6 Å². The number of nitrogens with two attached hydrogens (primary N) is 1. The van der Waals surface area contributed by atoms with Crippen LogP contribution in [0.5, 0.6) is 0 Å². The highest BCUT2D eigenvalue weighted by molar-refractivity contribution is 7.85. The molecule has 18 rings (SSSR count). The third-order valence-electron chi connectivity index (χ3n) is 23.5. The fourth-order valence-electron chi connectivity index (χ4n) is 15.6. The molecule has 4 unspecified atom stereocenters. The van der Waals surface area contributed by atoms with Crippen molar-refractivity contribution >= 4 is 172 Å². The lowest BCUT2D eigenvalue weighted by atomic mass is 9.98. The number of aryl methyl sites for hydroxylation is 7. The van der Waals surface area contributed by atoms with Crippen LogP contribution in [0.3, 0.4) is 0 Å². The number of amides is 4. The van der Waals surface area contributed by atoms with Gasteiger partial charge in [0.05, 0.1) is 33.5 Å². The highest BCUT2D eigenvalue weighted by Gasteiger charge is 2.44. The zero-order chi connectivity index (χ0) is 99.9. The van der Waals surface area contributed by atoms with Gasteiger partial charge in [-0.3, -0.25) is 49.4 Å². The molecule has 0 saturated carbocycles. The van der Waals surface area contributed by atoms with Gasteiger partial charge < -0.3 is 19.9 Å². The summed E-state index contributed by atoms with van der Waals surface area (Å²) in [7, 11) is -4.02. The normalized spacial score (nSPS) is 17.4. The zero-order valence-corrected chi connectivity index (χ0v) is 86.7. The van der Waals surface area contributed by atoms with Gasteiger partial charge in [0.2, 0.25) is 5.91 Å². The van der Waals surface area contributed by atoms with E-state index in [2.05, 4.69) is 102 Å². The van der Waals surface area contributed by atoms with E-state index in [0.717, 1.165) is 121 Å². The molecule has 6 aromatic heterocycles. The number of thiocarbonyl (C=S) groups is 1. The fraction of sp³-hybridized carbons (Fsp3) is 0.243. The van der Waals surface area contributed by atoms with Gasteiger partial charge in [0.1, 0.15) is 41.5 Å². The van der Waals surface area contributed by atoms with Crippen molar-refractivity contribution in [3.8, 4) is 10.0 Å². The SMILES string of the molecule is CC(=O)N/N=C1\Cc2sc(C)c(C)c2C(c2ccc(Cl)cc2)=NC1(C)NC(=O)OCc1ccccc1.Cc1ccc(S(=O)(=O)O)cc1.Cc1sc2c(c1C)C(c1ccc(Cl)cc1)=NC(C)(N)c1nnc(C)n1-2.Cc1sc2c(c1C)C(c1ccc(Cl)cc1)=NC(C)(NC(=O)OCc1ccccc1)C(=S)C2.Cc1sc2c(c1C)C(c1ccc(Cl)cc1)=NC(C)(NC(=O)OCc1ccccc1)c1nnc(C)n1-2. The molecule has 8 aromatic carbocycles. The van der Waals surface area contributed by atoms with Gasteiger partial charge in [0, 0.05) is 118 Å². The summed E-state index contributed by atoms with van der Waals surface area (Å²) in [6, 6.07) is 64.7. The van der Waals surface area contributed by atoms with Gasteiger partial charge in [0.15, 0.2) is 34.3 Å². The van der Waals surface area contributed by atoms with Crippen molar-refractivity contribution in [1.82, 2.24) is 50.9 Å². The van der Waals surface area contributed by atoms with E-state index in [4.69, 9.17) is 103 Å². The number of hydrogen-bond acceptors (Lipinski definition) is 24. The summed E-state index contributed by atoms with van der Waals surface area (Å²) in [5.74, 6) is 2.36. The van der Waals surface area contributed by atoms with E-state index >= 15 is 0 Å². The van der Waals surface area contributed by atoms with Gasteiger partial charge >= 0.3 is 18.3 Å². The number of ether oxygens (including phenoxy) is 3. The Hall–Kier alpha value is -12.4. The van der Waals surface area contributed by atoms with E-state index in [9.17, 15) is 27.6 Å². The molecule has 36 heteroatoms. The first-order valence-corrected chi connectivity index (χ1v) is 50.5. The maximum Gasteiger partial charge on any atom is 0.409 e. The van der Waals surface area contributed by atoms with Crippen LogP contribution in [0.2, 0.25) is 20.1 Å². The molecule has 10 heterocycles. The highest BCUT2D eigenvalue weighted by Crippen LogP contribution is 2.44. The predicted octanol–water partition coefficient (Wildman–Crippen LogP) is 23.0. The molecule has 0 fully saturated rings. The number of halogens is 4. The second-order valence-electron chi connectivity index (χ2n) is 34.0. The first-order valence-electron chi connectivity index (χ1n) is 43.8. The molecule has 0 aliphatic carbocycles. The van der Waals surface area contributed by atoms with E-state index in [0.29, 0.717) is 66.7 Å². The molecular weight excluding hydrogens is 1960 g/mol. The number of hydrogen-bond donors (Lipinski definition) is 6. The second-order valence-corrected chi connectivity index (χ2v) is 42.7. The monoisotopic (exact) mass is 2050 g/mol. The van der Waals surface area contributed by atoms with Crippen LogP contribution in [0.4, 0.5) is 14.4 Å². The lowest BCUT2D eigenvalue weighted by Gasteiger charge is -2.27. The van der Waals surface area contributed by atoms with Crippen LogP contribution in [0.1, 0.15) is 176 Å². The van der Waals surface area contributed by atoms with Crippen LogP contribution >= 0.6 is 104 Å². The lowest BCUT2D eigenvalue weighted by molar-refractivity contribution is -0.118. The molecule has 26 nitrogen and oxygen atoms in total. The van der Waals surface area contributed by atoms with Crippen molar-refractivity contribution in [2.24, 2.45) is 30.8 Å². The molecule has 4 aliphatic rings. The number of aliphatic imine (C=N–C) groups is 4. The van der Waals surface area contributed by atoms with Crippen molar-refractivity contribution in [1.29, 1.82) is 0 Å². The number of carbonyl (C=O) groups is 4. The number of rotatable bonds is 15. The molecule has 0 bridgehead atoms. The van der Waals surface area contributed by atoms with E-state index in [1.54, 1.807) is 64.4 Å². The smallest absolute Gasteiger partial charge is 0.409 e. The number of nitrogens with zero attached hydrogens (tertiary/aromatic N) is 11. The molecule has 0 spiro atoms. The van der Waals surface area contributed by atoms with Crippen molar-refractivity contribution in [3.05, 3.63) is 374 Å². The summed E-state index contributed by atoms with van der Waals surface area (Å²) < 4.78 is 50.0. The molecule has 4 amide bonds. The van der Waals surface area contributed by atoms with Crippen LogP contribution in [0, 0.1) is 76.2 Å². The Bertz CT molecular complexity index is 7280. The minimum atomic E-state index is -4.02. The van der Waals surface area contributed by atoms with E-state index in [1.807, 2.05) is 239 Å². The Balaban J connectivity index is 0.000000143. The average Bonchev–Trinajstić information content (AvgIpc) is 1.58. The average molecular weight is 2060 g/mol. The second kappa shape index (κ2) is 43.1. The number of aromatic nitrogens is 6. The van der Waals surface area contributed by atoms with Gasteiger partial charge in [-0.25, -0.2) is 24.8 Å². The Morgan fingerprint density at radius 2 is 0.755 bits per heavy atom. The van der Waals surface area contributed by atoms with E-state index in [1.165, 1.54) is 49.7 Å². The minimum Gasteiger partial charge on any atom is -0.445 e. The van der Waals surface area contributed by atoms with Crippen molar-refractivity contribution in [3.63, 3.8) is 0 Å². The molecule has 0 radical (unpaired) electrons. The summed E-state index contributed by atoms with van der Waals surface area (Å²) in [5, 5.41) is 35.1. The van der Waals surface area contributed by atoms with Gasteiger partial charge in [-0.2, -0.15) is 13.5 Å². The Morgan fingerprint density at radius 1 is 0.432 bits per heavy atom. The Kier molecular flexibility index (Phi) is 31.8. The lowest BCUT2D eigenvalue weighted by Crippen LogP contribution is -2.52. The van der Waals surface area contributed by atoms with Crippen molar-refractivity contribution < 1.29 is 46.4 Å². The molecule has 716 valence electrons. The standard InChI is InChI=1S/C27H27ClN4O3S.C26H24ClN5O2S.C25H23ClN2O2S2.C18H18ClN5S.C7H8O3S/c1-16-17(2)36-22-14-23(32-31-18(3)33)27(4,30-26(34)35-15-19-8-6-5-7-9-19)29-25(24(16)22)20-10-12-21(28)13-11-20;1-15-16(2)35-23-21(15)22(19-10-12-20(27)13-11-19)28-26(4,24-31-30-17(3)32(23)24)29-25(33)34-14-18-8-6-5-7-9-18;1-15-16(2)32-20-13-21(31)25(3,28-24(29)30-14-17-7-5-4-6-8-17)27-23(22(15)20)18-9-11-19(26)12-10-18;1-9-10(2)25-16-14(9)15(12-5-7-13(19)8-6-12)21-18(4,20)17-23-22-11(3)24(16)17;1-6-2-4-7(5-3-6)11(8,9)10/h5-13H,14-15H2,1-4H3,(H,30,34)(H,31,33);5-13H,14H2,1-4H3,(H,29,33);4-12H,13-14H2,1-3H3,(H,28,29);5-8H,20H2,1-4H3;2-5H,1H3,(H,8,9,10)/b32-23+;;;;. The highest BCUT2D eigenvalue weighted by atomic mass is 35.5. The van der Waals surface area contributed by atoms with Gasteiger partial charge in [0.25, 0.3) is 10.1 Å². The maximum atomic E-state index is 13.0. The van der Waals surface area contributed by atoms with E-state index < -0.39 is 51.0 Å². The summed E-state index contributed by atoms with van der Waals surface area (Å²) in [6.07, 6.45) is -0.850. The van der Waals surface area contributed by atoms with Crippen LogP contribution in [0.15, 0.2) is 242 Å². The molecule has 4 atom stereocenters. The topological polar surface area (TPSA) is 348 Å². The number of alkyl carbamates (subject to hydrolysis) is 3. The largest absolute Gasteiger partial charge is 0.445 e. The minimum absolute atomic E-state index is 0.0666. The number of benzene rings is 8. The van der Waals surface area contributed by atoms with Crippen LogP contribution in [-0.2, 0) is 73.1 Å². The van der Waals surface area contributed by atoms with Gasteiger partial charge in [-0.15, -0.1) is 65.7 Å². The summed E-state index contributed by atoms with van der Waals surface area (Å²) >= 11 is 37.0. The quantitative estimate of drug-likeness (QED) is 0.0240. The first kappa shape index (κ1) is 102. The third-order valence-corrected chi connectivity index (χ3v) is 30.7. The van der Waals surface area contributed by atoms with Crippen LogP contribution < -0.4 is 27.1 Å². The van der Waals surface area contributed by atoms with Gasteiger partial charge in [-0.1, -0.05) is 216 Å². The number of thiophene rings is 4. The predicted molar refractivity (Wildman–Crippen MR) is 560 cm³/mol. The molecule has 0 saturated heterocycles. The van der Waals surface area contributed by atoms with Crippen LogP contribution in [0.25, 0.3) is 10.0 Å². The summed E-state index contributed by atoms with van der Waals surface area (Å²) in [5.41, 5.74) is 24.1. The number of fused-ring (bicyclic) bond motifs is 8. The number of nitrogens with one attached hydrogen (secondary N) is 4. The van der Waals surface area contributed by atoms with Crippen molar-refractivity contribution in [2.75, 3.05) is 0 Å². The Morgan fingerprint density at radius 3 is 1.14 bits per heavy atom. The molecule has 14 aromatic rings. The first-order chi connectivity index (χ1) is 66.0. The zero-order valence-electron chi connectivity index (χ0n) is 78.8. The van der Waals surface area contributed by atoms with Crippen molar-refractivity contribution in [2.45, 2.75) is 171 Å².